The number of hydrogen-bond donors (Lipinski definition) is 0. The molecule has 8 heteroatoms. The van der Waals surface area contributed by atoms with Crippen LogP contribution in [0.1, 0.15) is 18.5 Å². The number of aromatic nitrogens is 3. The van der Waals surface area contributed by atoms with Crippen LogP contribution in [0.3, 0.4) is 0 Å². The summed E-state index contributed by atoms with van der Waals surface area (Å²) in [6, 6.07) is 3.71. The molecule has 2 unspecified atom stereocenters. The van der Waals surface area contributed by atoms with Gasteiger partial charge in [0.1, 0.15) is 5.82 Å². The van der Waals surface area contributed by atoms with E-state index in [0.717, 1.165) is 23.6 Å². The summed E-state index contributed by atoms with van der Waals surface area (Å²) in [4.78, 5) is 5.85. The lowest BCUT2D eigenvalue weighted by atomic mass is 10.2. The number of ether oxygens (including phenoxy) is 1. The Bertz CT molecular complexity index is 668. The number of nitrogens with zero attached hydrogens (tertiary/aromatic N) is 4. The van der Waals surface area contributed by atoms with Gasteiger partial charge in [0.15, 0.2) is 11.3 Å². The van der Waals surface area contributed by atoms with E-state index in [0.29, 0.717) is 19.0 Å². The monoisotopic (exact) mass is 298 g/mol. The summed E-state index contributed by atoms with van der Waals surface area (Å²) < 4.78 is 45.2. The van der Waals surface area contributed by atoms with Crippen molar-refractivity contribution in [2.45, 2.75) is 31.1 Å². The molecule has 0 spiro atoms. The van der Waals surface area contributed by atoms with E-state index in [9.17, 15) is 13.2 Å². The Balaban J connectivity index is 1.80. The minimum Gasteiger partial charge on any atom is -0.377 e. The van der Waals surface area contributed by atoms with Crippen molar-refractivity contribution in [3.05, 3.63) is 24.0 Å². The van der Waals surface area contributed by atoms with Crippen molar-refractivity contribution in [3.8, 4) is 0 Å². The molecule has 0 aromatic carbocycles. The first kappa shape index (κ1) is 12.9. The van der Waals surface area contributed by atoms with Gasteiger partial charge in [-0.3, -0.25) is 0 Å². The van der Waals surface area contributed by atoms with Crippen molar-refractivity contribution in [3.63, 3.8) is 0 Å². The molecule has 112 valence electrons. The fourth-order valence-corrected chi connectivity index (χ4v) is 3.20. The molecule has 0 aliphatic carbocycles. The molecule has 2 bridgehead atoms. The zero-order chi connectivity index (χ0) is 14.6. The molecule has 0 amide bonds. The zero-order valence-corrected chi connectivity index (χ0v) is 11.0. The van der Waals surface area contributed by atoms with E-state index in [1.165, 1.54) is 0 Å². The Labute approximate surface area is 118 Å². The molecule has 2 fully saturated rings. The van der Waals surface area contributed by atoms with Crippen LogP contribution in [0.4, 0.5) is 19.0 Å². The molecule has 2 aromatic rings. The Morgan fingerprint density at radius 1 is 1.14 bits per heavy atom. The van der Waals surface area contributed by atoms with Gasteiger partial charge in [-0.05, 0) is 25.0 Å². The second-order valence-corrected chi connectivity index (χ2v) is 5.43. The van der Waals surface area contributed by atoms with Crippen LogP contribution in [0.2, 0.25) is 0 Å². The number of fused-ring (bicyclic) bond motifs is 3. The summed E-state index contributed by atoms with van der Waals surface area (Å²) in [6.45, 7) is 1.21. The van der Waals surface area contributed by atoms with Crippen LogP contribution in [0, 0.1) is 0 Å². The van der Waals surface area contributed by atoms with Gasteiger partial charge in [-0.1, -0.05) is 0 Å². The second-order valence-electron chi connectivity index (χ2n) is 5.43. The molecule has 4 heterocycles. The van der Waals surface area contributed by atoms with E-state index < -0.39 is 11.9 Å². The van der Waals surface area contributed by atoms with Crippen molar-refractivity contribution in [1.82, 2.24) is 14.6 Å². The van der Waals surface area contributed by atoms with Crippen molar-refractivity contribution >= 4 is 11.5 Å². The second kappa shape index (κ2) is 4.33. The normalized spacial score (nSPS) is 25.8. The number of alkyl halides is 3. The molecule has 4 rings (SSSR count). The number of imidazole rings is 1. The zero-order valence-electron chi connectivity index (χ0n) is 11.0. The van der Waals surface area contributed by atoms with Gasteiger partial charge in [0, 0.05) is 0 Å². The third kappa shape index (κ3) is 1.97. The fourth-order valence-electron chi connectivity index (χ4n) is 3.20. The van der Waals surface area contributed by atoms with E-state index in [1.807, 2.05) is 0 Å². The van der Waals surface area contributed by atoms with E-state index in [1.54, 1.807) is 12.1 Å². The molecule has 0 N–H and O–H groups in total. The molecule has 2 aliphatic heterocycles. The third-order valence-electron chi connectivity index (χ3n) is 4.14. The van der Waals surface area contributed by atoms with Crippen LogP contribution < -0.4 is 4.90 Å². The number of morpholine rings is 1. The molecule has 0 saturated carbocycles. The van der Waals surface area contributed by atoms with Gasteiger partial charge in [-0.2, -0.15) is 13.2 Å². The van der Waals surface area contributed by atoms with Crippen molar-refractivity contribution in [2.24, 2.45) is 0 Å². The molecule has 2 atom stereocenters. The van der Waals surface area contributed by atoms with Crippen molar-refractivity contribution < 1.29 is 17.9 Å². The Morgan fingerprint density at radius 2 is 1.86 bits per heavy atom. The molecular weight excluding hydrogens is 285 g/mol. The molecule has 2 aliphatic rings. The summed E-state index contributed by atoms with van der Waals surface area (Å²) in [7, 11) is 0. The predicted molar refractivity (Wildman–Crippen MR) is 68.1 cm³/mol. The highest BCUT2D eigenvalue weighted by molar-refractivity contribution is 5.49. The van der Waals surface area contributed by atoms with Crippen LogP contribution in [0.25, 0.3) is 5.65 Å². The van der Waals surface area contributed by atoms with Gasteiger partial charge in [-0.25, -0.2) is 9.50 Å². The average Bonchev–Trinajstić information content (AvgIpc) is 2.96. The van der Waals surface area contributed by atoms with Crippen LogP contribution >= 0.6 is 0 Å². The van der Waals surface area contributed by atoms with E-state index in [2.05, 4.69) is 15.0 Å². The summed E-state index contributed by atoms with van der Waals surface area (Å²) in [5, 5.41) is 4.17. The first-order chi connectivity index (χ1) is 10.0. The Kier molecular flexibility index (Phi) is 2.66. The maximum atomic E-state index is 13.0. The number of hydrogen-bond acceptors (Lipinski definition) is 4. The first-order valence-corrected chi connectivity index (χ1v) is 6.82. The number of halogens is 3. The molecule has 21 heavy (non-hydrogen) atoms. The lowest BCUT2D eigenvalue weighted by Crippen LogP contribution is -2.46. The van der Waals surface area contributed by atoms with E-state index in [-0.39, 0.29) is 17.7 Å². The standard InChI is InChI=1S/C13H13F3N4O/c14-13(15,16)10-5-17-11-3-4-12(18-20(10)11)19-8-1-2-9(19)7-21-6-8/h3-5,8-9H,1-2,6-7H2. The highest BCUT2D eigenvalue weighted by atomic mass is 19.4. The summed E-state index contributed by atoms with van der Waals surface area (Å²) in [5.74, 6) is 0.557. The fraction of sp³-hybridized carbons (Fsp3) is 0.538. The van der Waals surface area contributed by atoms with Gasteiger partial charge in [-0.15, -0.1) is 5.10 Å². The Hall–Kier alpha value is -1.83. The largest absolute Gasteiger partial charge is 0.435 e. The van der Waals surface area contributed by atoms with E-state index in [4.69, 9.17) is 4.74 Å². The van der Waals surface area contributed by atoms with Crippen LogP contribution in [-0.4, -0.2) is 39.9 Å². The first-order valence-electron chi connectivity index (χ1n) is 6.82. The summed E-state index contributed by atoms with van der Waals surface area (Å²) in [6.07, 6.45) is -1.67. The maximum Gasteiger partial charge on any atom is 0.435 e. The minimum atomic E-state index is -4.46. The third-order valence-corrected chi connectivity index (χ3v) is 4.14. The van der Waals surface area contributed by atoms with Crippen molar-refractivity contribution in [2.75, 3.05) is 18.1 Å². The van der Waals surface area contributed by atoms with Crippen LogP contribution in [0.15, 0.2) is 18.3 Å². The SMILES string of the molecule is FC(F)(F)c1cnc2ccc(N3C4CCC3COC4)nn12. The lowest BCUT2D eigenvalue weighted by Gasteiger charge is -2.35. The number of rotatable bonds is 1. The lowest BCUT2D eigenvalue weighted by molar-refractivity contribution is -0.142. The van der Waals surface area contributed by atoms with Gasteiger partial charge in [0.2, 0.25) is 0 Å². The number of anilines is 1. The highest BCUT2D eigenvalue weighted by Gasteiger charge is 2.39. The summed E-state index contributed by atoms with van der Waals surface area (Å²) >= 11 is 0. The van der Waals surface area contributed by atoms with Gasteiger partial charge in [0.25, 0.3) is 0 Å². The highest BCUT2D eigenvalue weighted by Crippen LogP contribution is 2.34. The van der Waals surface area contributed by atoms with Crippen LogP contribution in [-0.2, 0) is 10.9 Å². The minimum absolute atomic E-state index is 0.201. The predicted octanol–water partition coefficient (Wildman–Crippen LogP) is 2.12. The van der Waals surface area contributed by atoms with Gasteiger partial charge >= 0.3 is 6.18 Å². The molecule has 5 nitrogen and oxygen atoms in total. The molecule has 2 aromatic heterocycles. The van der Waals surface area contributed by atoms with Crippen LogP contribution in [0.5, 0.6) is 0 Å². The Morgan fingerprint density at radius 3 is 2.52 bits per heavy atom. The molecular formula is C13H13F3N4O. The van der Waals surface area contributed by atoms with E-state index >= 15 is 0 Å². The van der Waals surface area contributed by atoms with Gasteiger partial charge < -0.3 is 9.64 Å². The maximum absolute atomic E-state index is 13.0. The molecule has 2 saturated heterocycles. The summed E-state index contributed by atoms with van der Waals surface area (Å²) in [5.41, 5.74) is -0.647. The topological polar surface area (TPSA) is 42.7 Å². The molecule has 0 radical (unpaired) electrons. The average molecular weight is 298 g/mol. The smallest absolute Gasteiger partial charge is 0.377 e. The van der Waals surface area contributed by atoms with Crippen molar-refractivity contribution in [1.29, 1.82) is 0 Å². The quantitative estimate of drug-likeness (QED) is 0.809. The van der Waals surface area contributed by atoms with Gasteiger partial charge in [0.05, 0.1) is 31.5 Å².